The molecule has 0 radical (unpaired) electrons. The van der Waals surface area contributed by atoms with Crippen LogP contribution in [0.4, 0.5) is 0 Å². The van der Waals surface area contributed by atoms with Crippen LogP contribution in [0.1, 0.15) is 44.7 Å². The van der Waals surface area contributed by atoms with Crippen molar-refractivity contribution in [2.45, 2.75) is 39.0 Å². The fraction of sp³-hybridized carbons (Fsp3) is 0.318. The molecule has 2 aromatic carbocycles. The molecule has 0 aromatic heterocycles. The van der Waals surface area contributed by atoms with Gasteiger partial charge >= 0.3 is 5.97 Å². The lowest BCUT2D eigenvalue weighted by Gasteiger charge is -2.17. The molecule has 0 amide bonds. The number of rotatable bonds is 4. The van der Waals surface area contributed by atoms with E-state index in [4.69, 9.17) is 0 Å². The Morgan fingerprint density at radius 2 is 1.58 bits per heavy atom. The van der Waals surface area contributed by atoms with Gasteiger partial charge in [0, 0.05) is 5.41 Å². The van der Waals surface area contributed by atoms with Crippen LogP contribution in [0.2, 0.25) is 0 Å². The molecule has 0 bridgehead atoms. The summed E-state index contributed by atoms with van der Waals surface area (Å²) in [5.74, 6) is -0.656. The molecule has 24 heavy (non-hydrogen) atoms. The van der Waals surface area contributed by atoms with E-state index in [1.54, 1.807) is 0 Å². The van der Waals surface area contributed by atoms with Crippen LogP contribution in [0.15, 0.2) is 67.2 Å². The predicted octanol–water partition coefficient (Wildman–Crippen LogP) is 5.55. The third kappa shape index (κ3) is 3.28. The third-order valence-corrected chi connectivity index (χ3v) is 5.28. The number of hydrogen-bond acceptors (Lipinski definition) is 1. The SMILES string of the molecule is C=C(C)c1ccccc1.CCC1(C(=O)O)CC1(C)c1ccccc1. The molecule has 2 unspecified atom stereocenters. The molecule has 1 aliphatic carbocycles. The van der Waals surface area contributed by atoms with Gasteiger partial charge in [-0.1, -0.05) is 86.7 Å². The normalized spacial score (nSPS) is 24.5. The van der Waals surface area contributed by atoms with Crippen LogP contribution in [0.5, 0.6) is 0 Å². The summed E-state index contributed by atoms with van der Waals surface area (Å²) >= 11 is 0. The maximum atomic E-state index is 11.3. The number of benzene rings is 2. The average molecular weight is 322 g/mol. The largest absolute Gasteiger partial charge is 0.481 e. The van der Waals surface area contributed by atoms with Crippen molar-refractivity contribution in [3.63, 3.8) is 0 Å². The van der Waals surface area contributed by atoms with Gasteiger partial charge < -0.3 is 5.11 Å². The van der Waals surface area contributed by atoms with Crippen LogP contribution in [-0.4, -0.2) is 11.1 Å². The minimum absolute atomic E-state index is 0.172. The molecule has 2 nitrogen and oxygen atoms in total. The summed E-state index contributed by atoms with van der Waals surface area (Å²) < 4.78 is 0. The average Bonchev–Trinajstić information content (AvgIpc) is 3.25. The van der Waals surface area contributed by atoms with E-state index in [9.17, 15) is 9.90 Å². The van der Waals surface area contributed by atoms with Gasteiger partial charge in [0.05, 0.1) is 5.41 Å². The van der Waals surface area contributed by atoms with Gasteiger partial charge in [-0.25, -0.2) is 0 Å². The first-order valence-corrected chi connectivity index (χ1v) is 8.37. The van der Waals surface area contributed by atoms with E-state index in [1.165, 1.54) is 5.56 Å². The van der Waals surface area contributed by atoms with E-state index in [0.717, 1.165) is 17.6 Å². The van der Waals surface area contributed by atoms with Gasteiger partial charge in [-0.05, 0) is 30.9 Å². The molecule has 126 valence electrons. The molecular formula is C22H26O2. The molecule has 0 aliphatic heterocycles. The number of carboxylic acids is 1. The fourth-order valence-electron chi connectivity index (χ4n) is 3.44. The number of aliphatic carboxylic acids is 1. The minimum Gasteiger partial charge on any atom is -0.481 e. The Balaban J connectivity index is 0.000000198. The highest BCUT2D eigenvalue weighted by Gasteiger charge is 2.68. The minimum atomic E-state index is -0.656. The van der Waals surface area contributed by atoms with Gasteiger partial charge in [0.25, 0.3) is 0 Å². The lowest BCUT2D eigenvalue weighted by molar-refractivity contribution is -0.144. The van der Waals surface area contributed by atoms with Gasteiger partial charge in [-0.2, -0.15) is 0 Å². The summed E-state index contributed by atoms with van der Waals surface area (Å²) in [7, 11) is 0. The maximum Gasteiger partial charge on any atom is 0.310 e. The van der Waals surface area contributed by atoms with Crippen LogP contribution in [0, 0.1) is 5.41 Å². The quantitative estimate of drug-likeness (QED) is 0.801. The number of carbonyl (C=O) groups is 1. The molecule has 3 rings (SSSR count). The molecule has 1 N–H and O–H groups in total. The Labute approximate surface area is 144 Å². The molecule has 1 aliphatic rings. The molecule has 0 heterocycles. The smallest absolute Gasteiger partial charge is 0.310 e. The van der Waals surface area contributed by atoms with E-state index < -0.39 is 11.4 Å². The van der Waals surface area contributed by atoms with Crippen molar-refractivity contribution in [1.82, 2.24) is 0 Å². The summed E-state index contributed by atoms with van der Waals surface area (Å²) in [5, 5.41) is 9.30. The molecular weight excluding hydrogens is 296 g/mol. The van der Waals surface area contributed by atoms with Crippen molar-refractivity contribution >= 4 is 11.5 Å². The summed E-state index contributed by atoms with van der Waals surface area (Å²) in [5.41, 5.74) is 2.78. The van der Waals surface area contributed by atoms with E-state index in [2.05, 4.69) is 25.6 Å². The Morgan fingerprint density at radius 1 is 1.08 bits per heavy atom. The number of hydrogen-bond donors (Lipinski definition) is 1. The van der Waals surface area contributed by atoms with Gasteiger partial charge in [0.2, 0.25) is 0 Å². The highest BCUT2D eigenvalue weighted by Crippen LogP contribution is 2.66. The van der Waals surface area contributed by atoms with Crippen molar-refractivity contribution in [3.8, 4) is 0 Å². The van der Waals surface area contributed by atoms with E-state index in [1.807, 2.05) is 62.4 Å². The zero-order valence-corrected chi connectivity index (χ0v) is 14.8. The Bertz CT molecular complexity index is 705. The third-order valence-electron chi connectivity index (χ3n) is 5.28. The Kier molecular flexibility index (Phi) is 5.28. The zero-order valence-electron chi connectivity index (χ0n) is 14.8. The summed E-state index contributed by atoms with van der Waals surface area (Å²) in [6, 6.07) is 20.1. The monoisotopic (exact) mass is 322 g/mol. The molecule has 0 spiro atoms. The second kappa shape index (κ2) is 7.04. The van der Waals surface area contributed by atoms with Crippen molar-refractivity contribution in [1.29, 1.82) is 0 Å². The zero-order chi connectivity index (χ0) is 17.8. The first-order chi connectivity index (χ1) is 11.4. The van der Waals surface area contributed by atoms with Crippen molar-refractivity contribution in [3.05, 3.63) is 78.4 Å². The van der Waals surface area contributed by atoms with Gasteiger partial charge in [-0.3, -0.25) is 4.79 Å². The molecule has 2 heteroatoms. The van der Waals surface area contributed by atoms with Crippen LogP contribution in [-0.2, 0) is 10.2 Å². The number of carboxylic acid groups (broad SMARTS) is 1. The fourth-order valence-corrected chi connectivity index (χ4v) is 3.44. The Morgan fingerprint density at radius 3 is 1.92 bits per heavy atom. The van der Waals surface area contributed by atoms with Gasteiger partial charge in [0.1, 0.15) is 0 Å². The van der Waals surface area contributed by atoms with Crippen molar-refractivity contribution < 1.29 is 9.90 Å². The highest BCUT2D eigenvalue weighted by atomic mass is 16.4. The summed E-state index contributed by atoms with van der Waals surface area (Å²) in [6.45, 7) is 9.85. The predicted molar refractivity (Wildman–Crippen MR) is 99.9 cm³/mol. The van der Waals surface area contributed by atoms with E-state index >= 15 is 0 Å². The van der Waals surface area contributed by atoms with Crippen LogP contribution < -0.4 is 0 Å². The topological polar surface area (TPSA) is 37.3 Å². The van der Waals surface area contributed by atoms with Crippen molar-refractivity contribution in [2.24, 2.45) is 5.41 Å². The van der Waals surface area contributed by atoms with Crippen LogP contribution >= 0.6 is 0 Å². The van der Waals surface area contributed by atoms with Gasteiger partial charge in [0.15, 0.2) is 0 Å². The first kappa shape index (κ1) is 18.0. The van der Waals surface area contributed by atoms with E-state index in [0.29, 0.717) is 6.42 Å². The molecule has 1 fully saturated rings. The summed E-state index contributed by atoms with van der Waals surface area (Å²) in [6.07, 6.45) is 1.46. The van der Waals surface area contributed by atoms with Crippen LogP contribution in [0.3, 0.4) is 0 Å². The lowest BCUT2D eigenvalue weighted by Crippen LogP contribution is -2.23. The molecule has 0 saturated heterocycles. The maximum absolute atomic E-state index is 11.3. The molecule has 1 saturated carbocycles. The first-order valence-electron chi connectivity index (χ1n) is 8.37. The number of allylic oxidation sites excluding steroid dienone is 1. The lowest BCUT2D eigenvalue weighted by atomic mass is 9.86. The molecule has 2 atom stereocenters. The molecule has 2 aromatic rings. The highest BCUT2D eigenvalue weighted by molar-refractivity contribution is 5.82. The summed E-state index contributed by atoms with van der Waals surface area (Å²) in [4.78, 5) is 11.3. The van der Waals surface area contributed by atoms with Crippen LogP contribution in [0.25, 0.3) is 5.57 Å². The Hall–Kier alpha value is -2.35. The second-order valence-electron chi connectivity index (χ2n) is 6.76. The standard InChI is InChI=1S/C13H16O2.C9H10/c1-3-13(11(14)15)9-12(13,2)10-7-5-4-6-8-10;1-8(2)9-6-4-3-5-7-9/h4-8H,3,9H2,1-2H3,(H,14,15);3-7H,1H2,2H3. The van der Waals surface area contributed by atoms with E-state index in [-0.39, 0.29) is 5.41 Å². The second-order valence-corrected chi connectivity index (χ2v) is 6.76. The van der Waals surface area contributed by atoms with Gasteiger partial charge in [-0.15, -0.1) is 0 Å². The van der Waals surface area contributed by atoms with Crippen molar-refractivity contribution in [2.75, 3.05) is 0 Å².